The Bertz CT molecular complexity index is 488. The summed E-state index contributed by atoms with van der Waals surface area (Å²) in [5.41, 5.74) is 8.02. The van der Waals surface area contributed by atoms with E-state index in [1.807, 2.05) is 26.2 Å². The fraction of sp³-hybridized carbons (Fsp3) is 0.588. The zero-order valence-electron chi connectivity index (χ0n) is 14.0. The summed E-state index contributed by atoms with van der Waals surface area (Å²) >= 11 is 0. The Morgan fingerprint density at radius 1 is 1.13 bits per heavy atom. The molecule has 1 aromatic carbocycles. The van der Waals surface area contributed by atoms with Crippen LogP contribution in [0.1, 0.15) is 43.2 Å². The lowest BCUT2D eigenvalue weighted by Gasteiger charge is -2.32. The molecule has 0 aromatic heterocycles. The third kappa shape index (κ3) is 6.30. The Balaban J connectivity index is 0.00000242. The smallest absolute Gasteiger partial charge is 0.240 e. The van der Waals surface area contributed by atoms with Crippen molar-refractivity contribution in [2.45, 2.75) is 50.7 Å². The molecule has 6 heteroatoms. The van der Waals surface area contributed by atoms with Crippen molar-refractivity contribution >= 4 is 30.7 Å². The van der Waals surface area contributed by atoms with Gasteiger partial charge in [-0.15, -0.1) is 24.8 Å². The molecule has 1 saturated carbocycles. The van der Waals surface area contributed by atoms with Crippen molar-refractivity contribution in [3.63, 3.8) is 0 Å². The molecule has 1 aliphatic rings. The van der Waals surface area contributed by atoms with E-state index in [4.69, 9.17) is 5.73 Å². The number of nitrogens with zero attached hydrogens (tertiary/aromatic N) is 1. The van der Waals surface area contributed by atoms with Gasteiger partial charge >= 0.3 is 0 Å². The van der Waals surface area contributed by atoms with E-state index in [9.17, 15) is 4.79 Å². The van der Waals surface area contributed by atoms with Crippen molar-refractivity contribution in [3.05, 3.63) is 35.4 Å². The number of halogens is 2. The molecule has 0 unspecified atom stereocenters. The molecule has 1 aromatic rings. The first-order valence-corrected chi connectivity index (χ1v) is 7.80. The molecule has 0 saturated heterocycles. The van der Waals surface area contributed by atoms with Gasteiger partial charge in [-0.3, -0.25) is 4.79 Å². The Kier molecular flexibility index (Phi) is 9.78. The van der Waals surface area contributed by atoms with Crippen LogP contribution in [0.2, 0.25) is 0 Å². The molecule has 1 amide bonds. The molecule has 23 heavy (non-hydrogen) atoms. The van der Waals surface area contributed by atoms with Gasteiger partial charge in [-0.05, 0) is 38.1 Å². The van der Waals surface area contributed by atoms with Crippen LogP contribution in [0.3, 0.4) is 0 Å². The first-order chi connectivity index (χ1) is 10.0. The summed E-state index contributed by atoms with van der Waals surface area (Å²) < 4.78 is 0. The van der Waals surface area contributed by atoms with E-state index in [1.165, 1.54) is 17.5 Å². The van der Waals surface area contributed by atoms with Gasteiger partial charge in [-0.2, -0.15) is 0 Å². The number of carbonyl (C=O) groups excluding carboxylic acids is 1. The van der Waals surface area contributed by atoms with Crippen molar-refractivity contribution < 1.29 is 4.79 Å². The van der Waals surface area contributed by atoms with Gasteiger partial charge in [0.2, 0.25) is 5.91 Å². The molecule has 132 valence electrons. The first-order valence-electron chi connectivity index (χ1n) is 7.80. The van der Waals surface area contributed by atoms with E-state index in [1.54, 1.807) is 0 Å². The lowest BCUT2D eigenvalue weighted by Crippen LogP contribution is -2.54. The van der Waals surface area contributed by atoms with Crippen LogP contribution in [-0.2, 0) is 17.9 Å². The van der Waals surface area contributed by atoms with Gasteiger partial charge in [0, 0.05) is 13.1 Å². The van der Waals surface area contributed by atoms with Gasteiger partial charge in [-0.1, -0.05) is 43.5 Å². The quantitative estimate of drug-likeness (QED) is 0.847. The number of nitrogens with one attached hydrogen (secondary N) is 1. The topological polar surface area (TPSA) is 58.4 Å². The summed E-state index contributed by atoms with van der Waals surface area (Å²) in [4.78, 5) is 14.5. The molecule has 2 rings (SSSR count). The molecular formula is C17H29Cl2N3O. The van der Waals surface area contributed by atoms with Crippen molar-refractivity contribution in [3.8, 4) is 0 Å². The molecule has 0 spiro atoms. The minimum atomic E-state index is -0.658. The minimum Gasteiger partial charge on any atom is -0.350 e. The van der Waals surface area contributed by atoms with Crippen LogP contribution >= 0.6 is 24.8 Å². The molecule has 0 radical (unpaired) electrons. The Hall–Kier alpha value is -0.810. The summed E-state index contributed by atoms with van der Waals surface area (Å²) in [5, 5.41) is 3.04. The molecule has 1 aliphatic carbocycles. The normalized spacial score (nSPS) is 16.2. The van der Waals surface area contributed by atoms with E-state index in [2.05, 4.69) is 22.3 Å². The van der Waals surface area contributed by atoms with Crippen molar-refractivity contribution in [2.75, 3.05) is 14.1 Å². The molecule has 3 N–H and O–H groups in total. The second kappa shape index (κ2) is 10.1. The Morgan fingerprint density at radius 3 is 2.26 bits per heavy atom. The maximum atomic E-state index is 12.4. The highest BCUT2D eigenvalue weighted by Crippen LogP contribution is 2.26. The first kappa shape index (κ1) is 22.2. The highest BCUT2D eigenvalue weighted by Gasteiger charge is 2.34. The summed E-state index contributed by atoms with van der Waals surface area (Å²) in [6, 6.07) is 8.23. The lowest BCUT2D eigenvalue weighted by atomic mass is 9.82. The zero-order chi connectivity index (χ0) is 15.3. The predicted molar refractivity (Wildman–Crippen MR) is 100 cm³/mol. The van der Waals surface area contributed by atoms with Gasteiger partial charge in [0.1, 0.15) is 0 Å². The fourth-order valence-corrected chi connectivity index (χ4v) is 2.99. The number of rotatable bonds is 5. The highest BCUT2D eigenvalue weighted by atomic mass is 35.5. The van der Waals surface area contributed by atoms with Gasteiger partial charge in [0.15, 0.2) is 0 Å². The average Bonchev–Trinajstić information content (AvgIpc) is 2.46. The molecule has 0 bridgehead atoms. The van der Waals surface area contributed by atoms with Crippen LogP contribution in [0, 0.1) is 0 Å². The lowest BCUT2D eigenvalue weighted by molar-refractivity contribution is -0.127. The van der Waals surface area contributed by atoms with E-state index in [0.29, 0.717) is 6.54 Å². The molecule has 0 aliphatic heterocycles. The number of hydrogen-bond donors (Lipinski definition) is 2. The SMILES string of the molecule is CN(C)Cc1ccccc1CNC(=O)C1(N)CCCCC1.Cl.Cl. The van der Waals surface area contributed by atoms with Crippen molar-refractivity contribution in [1.82, 2.24) is 10.2 Å². The standard InChI is InChI=1S/C17H27N3O.2ClH/c1-20(2)13-15-9-5-4-8-14(15)12-19-16(21)17(18)10-6-3-7-11-17;;/h4-5,8-9H,3,6-7,10-13,18H2,1-2H3,(H,19,21);2*1H. The number of benzene rings is 1. The third-order valence-corrected chi connectivity index (χ3v) is 4.24. The van der Waals surface area contributed by atoms with Crippen LogP contribution in [0.5, 0.6) is 0 Å². The van der Waals surface area contributed by atoms with Crippen molar-refractivity contribution in [1.29, 1.82) is 0 Å². The second-order valence-corrected chi connectivity index (χ2v) is 6.41. The van der Waals surface area contributed by atoms with Gasteiger partial charge in [-0.25, -0.2) is 0 Å². The summed E-state index contributed by atoms with van der Waals surface area (Å²) in [5.74, 6) is 0.00172. The number of carbonyl (C=O) groups is 1. The minimum absolute atomic E-state index is 0. The maximum Gasteiger partial charge on any atom is 0.240 e. The van der Waals surface area contributed by atoms with Crippen LogP contribution in [0.25, 0.3) is 0 Å². The van der Waals surface area contributed by atoms with Gasteiger partial charge in [0.25, 0.3) is 0 Å². The largest absolute Gasteiger partial charge is 0.350 e. The van der Waals surface area contributed by atoms with Crippen LogP contribution in [-0.4, -0.2) is 30.4 Å². The van der Waals surface area contributed by atoms with Crippen LogP contribution in [0.15, 0.2) is 24.3 Å². The summed E-state index contributed by atoms with van der Waals surface area (Å²) in [6.45, 7) is 1.43. The monoisotopic (exact) mass is 361 g/mol. The molecular weight excluding hydrogens is 333 g/mol. The van der Waals surface area contributed by atoms with Crippen LogP contribution in [0.4, 0.5) is 0 Å². The summed E-state index contributed by atoms with van der Waals surface area (Å²) in [6.07, 6.45) is 4.91. The molecule has 4 nitrogen and oxygen atoms in total. The Labute approximate surface area is 152 Å². The number of amides is 1. The van der Waals surface area contributed by atoms with Crippen LogP contribution < -0.4 is 11.1 Å². The van der Waals surface area contributed by atoms with Gasteiger partial charge in [0.05, 0.1) is 5.54 Å². The predicted octanol–water partition coefficient (Wildman–Crippen LogP) is 2.87. The van der Waals surface area contributed by atoms with E-state index in [0.717, 1.165) is 32.2 Å². The van der Waals surface area contributed by atoms with E-state index in [-0.39, 0.29) is 30.7 Å². The third-order valence-electron chi connectivity index (χ3n) is 4.24. The highest BCUT2D eigenvalue weighted by molar-refractivity contribution is 5.86. The molecule has 0 atom stereocenters. The van der Waals surface area contributed by atoms with E-state index < -0.39 is 5.54 Å². The molecule has 0 heterocycles. The average molecular weight is 362 g/mol. The second-order valence-electron chi connectivity index (χ2n) is 6.41. The fourth-order valence-electron chi connectivity index (χ4n) is 2.99. The molecule has 1 fully saturated rings. The van der Waals surface area contributed by atoms with Gasteiger partial charge < -0.3 is 16.0 Å². The van der Waals surface area contributed by atoms with Crippen molar-refractivity contribution in [2.24, 2.45) is 5.73 Å². The maximum absolute atomic E-state index is 12.4. The van der Waals surface area contributed by atoms with E-state index >= 15 is 0 Å². The summed E-state index contributed by atoms with van der Waals surface area (Å²) in [7, 11) is 4.10. The Morgan fingerprint density at radius 2 is 1.70 bits per heavy atom. The zero-order valence-corrected chi connectivity index (χ0v) is 15.6. The number of nitrogens with two attached hydrogens (primary N) is 1. The number of hydrogen-bond acceptors (Lipinski definition) is 3.